The Labute approximate surface area is 151 Å². The lowest BCUT2D eigenvalue weighted by molar-refractivity contribution is -0.122. The summed E-state index contributed by atoms with van der Waals surface area (Å²) in [7, 11) is 0. The number of benzene rings is 2. The number of carbonyl (C=O) groups excluding carboxylic acids is 1. The lowest BCUT2D eigenvalue weighted by Gasteiger charge is -2.18. The van der Waals surface area contributed by atoms with Crippen LogP contribution in [-0.2, 0) is 17.9 Å². The van der Waals surface area contributed by atoms with Crippen molar-refractivity contribution >= 4 is 5.91 Å². The zero-order valence-corrected chi connectivity index (χ0v) is 15.2. The maximum Gasteiger partial charge on any atom is 0.229 e. The largest absolute Gasteiger partial charge is 0.351 e. The minimum absolute atomic E-state index is 0.0269. The molecule has 2 aromatic carbocycles. The number of nitrogens with one attached hydrogen (secondary N) is 1. The molecule has 1 unspecified atom stereocenters. The summed E-state index contributed by atoms with van der Waals surface area (Å²) >= 11 is 0. The SMILES string of the molecule is CCN(CC)Cc1ccc(CNC(=O)C(CN)c2ccccc2)cc1. The third kappa shape index (κ3) is 5.69. The van der Waals surface area contributed by atoms with E-state index in [2.05, 4.69) is 48.3 Å². The molecule has 0 fully saturated rings. The fraction of sp³-hybridized carbons (Fsp3) is 0.381. The van der Waals surface area contributed by atoms with Crippen LogP contribution in [0.1, 0.15) is 36.5 Å². The second-order valence-electron chi connectivity index (χ2n) is 6.19. The van der Waals surface area contributed by atoms with Crippen molar-refractivity contribution < 1.29 is 4.79 Å². The van der Waals surface area contributed by atoms with E-state index in [0.29, 0.717) is 13.1 Å². The number of rotatable bonds is 9. The standard InChI is InChI=1S/C21H29N3O/c1-3-24(4-2)16-18-12-10-17(11-13-18)15-23-21(25)20(14-22)19-8-6-5-7-9-19/h5-13,20H,3-4,14-16,22H2,1-2H3,(H,23,25). The second-order valence-corrected chi connectivity index (χ2v) is 6.19. The normalized spacial score (nSPS) is 12.2. The van der Waals surface area contributed by atoms with Crippen molar-refractivity contribution in [2.45, 2.75) is 32.9 Å². The highest BCUT2D eigenvalue weighted by atomic mass is 16.1. The predicted molar refractivity (Wildman–Crippen MR) is 103 cm³/mol. The summed E-state index contributed by atoms with van der Waals surface area (Å²) in [6, 6.07) is 18.1. The van der Waals surface area contributed by atoms with E-state index in [-0.39, 0.29) is 11.8 Å². The molecule has 3 N–H and O–H groups in total. The van der Waals surface area contributed by atoms with Gasteiger partial charge in [0, 0.05) is 19.6 Å². The average Bonchev–Trinajstić information content (AvgIpc) is 2.67. The molecule has 0 radical (unpaired) electrons. The molecule has 25 heavy (non-hydrogen) atoms. The molecule has 1 atom stereocenters. The monoisotopic (exact) mass is 339 g/mol. The summed E-state index contributed by atoms with van der Waals surface area (Å²) in [6.45, 7) is 8.24. The Kier molecular flexibility index (Phi) is 7.64. The molecule has 0 aliphatic carbocycles. The molecular weight excluding hydrogens is 310 g/mol. The van der Waals surface area contributed by atoms with Gasteiger partial charge in [-0.05, 0) is 29.8 Å². The van der Waals surface area contributed by atoms with Gasteiger partial charge in [0.2, 0.25) is 5.91 Å². The molecule has 0 saturated carbocycles. The molecule has 0 aliphatic heterocycles. The van der Waals surface area contributed by atoms with Gasteiger partial charge in [-0.2, -0.15) is 0 Å². The highest BCUT2D eigenvalue weighted by Crippen LogP contribution is 2.14. The van der Waals surface area contributed by atoms with Crippen LogP contribution in [0.4, 0.5) is 0 Å². The fourth-order valence-corrected chi connectivity index (χ4v) is 2.86. The first-order valence-electron chi connectivity index (χ1n) is 9.00. The van der Waals surface area contributed by atoms with Gasteiger partial charge in [-0.3, -0.25) is 9.69 Å². The number of nitrogens with zero attached hydrogens (tertiary/aromatic N) is 1. The zero-order valence-electron chi connectivity index (χ0n) is 15.2. The summed E-state index contributed by atoms with van der Waals surface area (Å²) in [5.74, 6) is -0.330. The minimum atomic E-state index is -0.303. The van der Waals surface area contributed by atoms with E-state index in [1.54, 1.807) is 0 Å². The van der Waals surface area contributed by atoms with Crippen LogP contribution in [0.3, 0.4) is 0 Å². The highest BCUT2D eigenvalue weighted by Gasteiger charge is 2.18. The molecule has 0 aliphatic rings. The molecule has 4 heteroatoms. The predicted octanol–water partition coefficient (Wildman–Crippen LogP) is 2.89. The summed E-state index contributed by atoms with van der Waals surface area (Å²) in [5.41, 5.74) is 9.15. The summed E-state index contributed by atoms with van der Waals surface area (Å²) in [6.07, 6.45) is 0. The second kappa shape index (κ2) is 9.97. The van der Waals surface area contributed by atoms with Gasteiger partial charge in [0.05, 0.1) is 5.92 Å². The van der Waals surface area contributed by atoms with Gasteiger partial charge in [-0.15, -0.1) is 0 Å². The van der Waals surface area contributed by atoms with E-state index in [4.69, 9.17) is 5.73 Å². The van der Waals surface area contributed by atoms with E-state index in [0.717, 1.165) is 30.8 Å². The van der Waals surface area contributed by atoms with Crippen molar-refractivity contribution in [3.63, 3.8) is 0 Å². The van der Waals surface area contributed by atoms with Crippen LogP contribution in [-0.4, -0.2) is 30.4 Å². The molecule has 0 heterocycles. The number of amides is 1. The molecule has 1 amide bonds. The highest BCUT2D eigenvalue weighted by molar-refractivity contribution is 5.83. The van der Waals surface area contributed by atoms with Crippen LogP contribution < -0.4 is 11.1 Å². The first kappa shape index (κ1) is 19.2. The van der Waals surface area contributed by atoms with Crippen molar-refractivity contribution in [1.82, 2.24) is 10.2 Å². The molecule has 0 spiro atoms. The van der Waals surface area contributed by atoms with Gasteiger partial charge in [0.15, 0.2) is 0 Å². The molecule has 134 valence electrons. The summed E-state index contributed by atoms with van der Waals surface area (Å²) < 4.78 is 0. The first-order chi connectivity index (χ1) is 12.2. The maximum atomic E-state index is 12.4. The maximum absolute atomic E-state index is 12.4. The quantitative estimate of drug-likeness (QED) is 0.738. The zero-order chi connectivity index (χ0) is 18.1. The van der Waals surface area contributed by atoms with Crippen LogP contribution >= 0.6 is 0 Å². The third-order valence-corrected chi connectivity index (χ3v) is 4.54. The Hall–Kier alpha value is -2.17. The topological polar surface area (TPSA) is 58.4 Å². The Balaban J connectivity index is 1.91. The molecule has 0 aromatic heterocycles. The number of carbonyl (C=O) groups is 1. The molecule has 2 aromatic rings. The molecular formula is C21H29N3O. The van der Waals surface area contributed by atoms with Gasteiger partial charge < -0.3 is 11.1 Å². The molecule has 0 saturated heterocycles. The van der Waals surface area contributed by atoms with Crippen LogP contribution in [0.15, 0.2) is 54.6 Å². The Morgan fingerprint density at radius 3 is 2.16 bits per heavy atom. The average molecular weight is 339 g/mol. The van der Waals surface area contributed by atoms with Gasteiger partial charge in [-0.25, -0.2) is 0 Å². The fourth-order valence-electron chi connectivity index (χ4n) is 2.86. The van der Waals surface area contributed by atoms with Crippen LogP contribution in [0.2, 0.25) is 0 Å². The Bertz CT molecular complexity index is 636. The number of nitrogens with two attached hydrogens (primary N) is 1. The van der Waals surface area contributed by atoms with E-state index < -0.39 is 0 Å². The van der Waals surface area contributed by atoms with Crippen molar-refractivity contribution in [2.24, 2.45) is 5.73 Å². The van der Waals surface area contributed by atoms with Crippen LogP contribution in [0.25, 0.3) is 0 Å². The van der Waals surface area contributed by atoms with E-state index in [1.165, 1.54) is 5.56 Å². The van der Waals surface area contributed by atoms with E-state index >= 15 is 0 Å². The van der Waals surface area contributed by atoms with Gasteiger partial charge in [0.1, 0.15) is 0 Å². The van der Waals surface area contributed by atoms with Crippen LogP contribution in [0, 0.1) is 0 Å². The summed E-state index contributed by atoms with van der Waals surface area (Å²) in [5, 5.41) is 3.00. The van der Waals surface area contributed by atoms with Crippen molar-refractivity contribution in [2.75, 3.05) is 19.6 Å². The molecule has 4 nitrogen and oxygen atoms in total. The minimum Gasteiger partial charge on any atom is -0.351 e. The van der Waals surface area contributed by atoms with Crippen molar-refractivity contribution in [3.8, 4) is 0 Å². The first-order valence-corrected chi connectivity index (χ1v) is 9.00. The Morgan fingerprint density at radius 2 is 1.60 bits per heavy atom. The van der Waals surface area contributed by atoms with E-state index in [1.807, 2.05) is 30.3 Å². The molecule has 0 bridgehead atoms. The Morgan fingerprint density at radius 1 is 1.00 bits per heavy atom. The smallest absolute Gasteiger partial charge is 0.229 e. The third-order valence-electron chi connectivity index (χ3n) is 4.54. The van der Waals surface area contributed by atoms with Crippen LogP contribution in [0.5, 0.6) is 0 Å². The number of hydrogen-bond donors (Lipinski definition) is 2. The summed E-state index contributed by atoms with van der Waals surface area (Å²) in [4.78, 5) is 14.8. The lowest BCUT2D eigenvalue weighted by atomic mass is 9.98. The lowest BCUT2D eigenvalue weighted by Crippen LogP contribution is -2.33. The van der Waals surface area contributed by atoms with Gasteiger partial charge in [0.25, 0.3) is 0 Å². The van der Waals surface area contributed by atoms with E-state index in [9.17, 15) is 4.79 Å². The number of hydrogen-bond acceptors (Lipinski definition) is 3. The van der Waals surface area contributed by atoms with Gasteiger partial charge in [-0.1, -0.05) is 68.4 Å². The van der Waals surface area contributed by atoms with Gasteiger partial charge >= 0.3 is 0 Å². The van der Waals surface area contributed by atoms with Crippen molar-refractivity contribution in [3.05, 3.63) is 71.3 Å². The van der Waals surface area contributed by atoms with Crippen molar-refractivity contribution in [1.29, 1.82) is 0 Å². The molecule has 2 rings (SSSR count).